The number of carbonyl (C=O) groups is 1. The fourth-order valence-electron chi connectivity index (χ4n) is 1.53. The Morgan fingerprint density at radius 1 is 1.41 bits per heavy atom. The van der Waals surface area contributed by atoms with Crippen LogP contribution in [0.3, 0.4) is 0 Å². The first-order valence-electron chi connectivity index (χ1n) is 5.09. The van der Waals surface area contributed by atoms with Crippen LogP contribution in [0, 0.1) is 6.92 Å². The highest BCUT2D eigenvalue weighted by molar-refractivity contribution is 5.90. The molecular weight excluding hydrogens is 220 g/mol. The minimum atomic E-state index is -1.01. The summed E-state index contributed by atoms with van der Waals surface area (Å²) in [5.41, 5.74) is 0.946. The van der Waals surface area contributed by atoms with Gasteiger partial charge in [-0.15, -0.1) is 0 Å². The highest BCUT2D eigenvalue weighted by atomic mass is 16.5. The summed E-state index contributed by atoms with van der Waals surface area (Å²) in [4.78, 5) is 11.0. The molecule has 0 aliphatic rings. The molecule has 1 aromatic heterocycles. The van der Waals surface area contributed by atoms with Crippen molar-refractivity contribution in [1.82, 2.24) is 9.78 Å². The summed E-state index contributed by atoms with van der Waals surface area (Å²) >= 11 is 0. The summed E-state index contributed by atoms with van der Waals surface area (Å²) in [5, 5.41) is 13.1. The van der Waals surface area contributed by atoms with Crippen LogP contribution in [0.4, 0.5) is 0 Å². The first kappa shape index (κ1) is 11.2. The van der Waals surface area contributed by atoms with Crippen LogP contribution in [0.15, 0.2) is 30.3 Å². The van der Waals surface area contributed by atoms with E-state index in [2.05, 4.69) is 5.10 Å². The van der Waals surface area contributed by atoms with Gasteiger partial charge < -0.3 is 9.84 Å². The Kier molecular flexibility index (Phi) is 2.82. The second-order valence-corrected chi connectivity index (χ2v) is 3.65. The van der Waals surface area contributed by atoms with Crippen LogP contribution in [-0.2, 0) is 7.05 Å². The molecule has 0 radical (unpaired) electrons. The molecule has 1 heterocycles. The number of hydrogen-bond donors (Lipinski definition) is 1. The van der Waals surface area contributed by atoms with Gasteiger partial charge in [-0.05, 0) is 19.1 Å². The van der Waals surface area contributed by atoms with Gasteiger partial charge in [0.2, 0.25) is 5.88 Å². The van der Waals surface area contributed by atoms with E-state index < -0.39 is 5.97 Å². The maximum absolute atomic E-state index is 11.0. The van der Waals surface area contributed by atoms with Crippen LogP contribution >= 0.6 is 0 Å². The van der Waals surface area contributed by atoms with E-state index in [1.807, 2.05) is 6.92 Å². The van der Waals surface area contributed by atoms with Crippen molar-refractivity contribution in [2.24, 2.45) is 7.05 Å². The van der Waals surface area contributed by atoms with Gasteiger partial charge in [0, 0.05) is 13.1 Å². The number of aromatic carboxylic acids is 1. The molecule has 0 saturated heterocycles. The van der Waals surface area contributed by atoms with Gasteiger partial charge in [-0.25, -0.2) is 9.48 Å². The fourth-order valence-corrected chi connectivity index (χ4v) is 1.53. The number of rotatable bonds is 3. The number of aryl methyl sites for hydroxylation is 2. The minimum Gasteiger partial charge on any atom is -0.478 e. The van der Waals surface area contributed by atoms with Crippen molar-refractivity contribution in [1.29, 1.82) is 0 Å². The molecule has 0 fully saturated rings. The normalized spacial score (nSPS) is 10.2. The summed E-state index contributed by atoms with van der Waals surface area (Å²) in [6, 6.07) is 8.25. The summed E-state index contributed by atoms with van der Waals surface area (Å²) in [5.74, 6) is -0.196. The molecule has 0 bridgehead atoms. The standard InChI is InChI=1S/C12H12N2O3/c1-8-7-11(14(2)13-8)17-10-6-4-3-5-9(10)12(15)16/h3-7H,1-2H3,(H,15,16). The van der Waals surface area contributed by atoms with Crippen LogP contribution in [0.25, 0.3) is 0 Å². The number of carboxylic acids is 1. The van der Waals surface area contributed by atoms with Crippen LogP contribution < -0.4 is 4.74 Å². The van der Waals surface area contributed by atoms with Crippen LogP contribution in [0.2, 0.25) is 0 Å². The lowest BCUT2D eigenvalue weighted by Crippen LogP contribution is -2.01. The molecule has 1 aromatic carbocycles. The zero-order chi connectivity index (χ0) is 12.4. The second kappa shape index (κ2) is 4.29. The van der Waals surface area contributed by atoms with Crippen molar-refractivity contribution in [3.05, 3.63) is 41.6 Å². The zero-order valence-corrected chi connectivity index (χ0v) is 9.54. The summed E-state index contributed by atoms with van der Waals surface area (Å²) in [7, 11) is 1.74. The SMILES string of the molecule is Cc1cc(Oc2ccccc2C(=O)O)n(C)n1. The van der Waals surface area contributed by atoms with Gasteiger partial charge >= 0.3 is 5.97 Å². The monoisotopic (exact) mass is 232 g/mol. The molecule has 5 nitrogen and oxygen atoms in total. The van der Waals surface area contributed by atoms with Gasteiger partial charge in [-0.2, -0.15) is 5.10 Å². The zero-order valence-electron chi connectivity index (χ0n) is 9.54. The van der Waals surface area contributed by atoms with Crippen molar-refractivity contribution < 1.29 is 14.6 Å². The maximum Gasteiger partial charge on any atom is 0.339 e. The molecule has 0 spiro atoms. The summed E-state index contributed by atoms with van der Waals surface area (Å²) < 4.78 is 7.11. The Morgan fingerprint density at radius 3 is 2.71 bits per heavy atom. The fraction of sp³-hybridized carbons (Fsp3) is 0.167. The predicted octanol–water partition coefficient (Wildman–Crippen LogP) is 2.22. The van der Waals surface area contributed by atoms with Crippen molar-refractivity contribution in [2.75, 3.05) is 0 Å². The van der Waals surface area contributed by atoms with Crippen LogP contribution in [0.5, 0.6) is 11.6 Å². The van der Waals surface area contributed by atoms with E-state index in [1.54, 1.807) is 36.0 Å². The van der Waals surface area contributed by atoms with Crippen LogP contribution in [-0.4, -0.2) is 20.9 Å². The Bertz CT molecular complexity index is 561. The topological polar surface area (TPSA) is 64.3 Å². The molecule has 5 heteroatoms. The number of para-hydroxylation sites is 1. The van der Waals surface area contributed by atoms with Crippen molar-refractivity contribution in [3.8, 4) is 11.6 Å². The molecule has 0 aliphatic carbocycles. The van der Waals surface area contributed by atoms with Gasteiger partial charge in [0.25, 0.3) is 0 Å². The molecule has 0 atom stereocenters. The Labute approximate surface area is 98.3 Å². The predicted molar refractivity (Wildman–Crippen MR) is 61.4 cm³/mol. The Hall–Kier alpha value is -2.30. The molecule has 0 unspecified atom stereocenters. The highest BCUT2D eigenvalue weighted by Crippen LogP contribution is 2.25. The number of hydrogen-bond acceptors (Lipinski definition) is 3. The van der Waals surface area contributed by atoms with Crippen molar-refractivity contribution in [2.45, 2.75) is 6.92 Å². The Morgan fingerprint density at radius 2 is 2.12 bits per heavy atom. The second-order valence-electron chi connectivity index (χ2n) is 3.65. The molecule has 2 aromatic rings. The van der Waals surface area contributed by atoms with E-state index in [1.165, 1.54) is 6.07 Å². The molecule has 88 valence electrons. The van der Waals surface area contributed by atoms with E-state index in [4.69, 9.17) is 9.84 Å². The molecule has 0 aliphatic heterocycles. The highest BCUT2D eigenvalue weighted by Gasteiger charge is 2.12. The van der Waals surface area contributed by atoms with Gasteiger partial charge in [0.05, 0.1) is 5.69 Å². The van der Waals surface area contributed by atoms with Crippen molar-refractivity contribution >= 4 is 5.97 Å². The number of benzene rings is 1. The van der Waals surface area contributed by atoms with E-state index in [0.717, 1.165) is 5.69 Å². The lowest BCUT2D eigenvalue weighted by atomic mass is 10.2. The molecule has 0 amide bonds. The van der Waals surface area contributed by atoms with Gasteiger partial charge in [-0.1, -0.05) is 12.1 Å². The van der Waals surface area contributed by atoms with E-state index in [0.29, 0.717) is 11.6 Å². The smallest absolute Gasteiger partial charge is 0.339 e. The number of nitrogens with zero attached hydrogens (tertiary/aromatic N) is 2. The van der Waals surface area contributed by atoms with Gasteiger partial charge in [0.1, 0.15) is 11.3 Å². The quantitative estimate of drug-likeness (QED) is 0.881. The van der Waals surface area contributed by atoms with Crippen LogP contribution in [0.1, 0.15) is 16.1 Å². The third-order valence-corrected chi connectivity index (χ3v) is 2.29. The average molecular weight is 232 g/mol. The molecule has 1 N–H and O–H groups in total. The number of aromatic nitrogens is 2. The first-order valence-corrected chi connectivity index (χ1v) is 5.09. The molecule has 17 heavy (non-hydrogen) atoms. The van der Waals surface area contributed by atoms with E-state index in [-0.39, 0.29) is 5.56 Å². The van der Waals surface area contributed by atoms with E-state index >= 15 is 0 Å². The maximum atomic E-state index is 11.0. The van der Waals surface area contributed by atoms with Gasteiger partial charge in [0.15, 0.2) is 0 Å². The third-order valence-electron chi connectivity index (χ3n) is 2.29. The summed E-state index contributed by atoms with van der Waals surface area (Å²) in [6.45, 7) is 1.84. The lowest BCUT2D eigenvalue weighted by molar-refractivity contribution is 0.0694. The number of carboxylic acid groups (broad SMARTS) is 1. The molecule has 0 saturated carbocycles. The molecule has 2 rings (SSSR count). The first-order chi connectivity index (χ1) is 8.08. The molecular formula is C12H12N2O3. The van der Waals surface area contributed by atoms with Crippen molar-refractivity contribution in [3.63, 3.8) is 0 Å². The average Bonchev–Trinajstić information content (AvgIpc) is 2.58. The van der Waals surface area contributed by atoms with Gasteiger partial charge in [-0.3, -0.25) is 0 Å². The summed E-state index contributed by atoms with van der Waals surface area (Å²) in [6.07, 6.45) is 0. The number of ether oxygens (including phenoxy) is 1. The lowest BCUT2D eigenvalue weighted by Gasteiger charge is -2.07. The Balaban J connectivity index is 2.36. The third kappa shape index (κ3) is 2.28. The van der Waals surface area contributed by atoms with E-state index in [9.17, 15) is 4.79 Å². The largest absolute Gasteiger partial charge is 0.478 e. The minimum absolute atomic E-state index is 0.131.